The molecule has 0 aliphatic heterocycles. The van der Waals surface area contributed by atoms with Crippen LogP contribution in [0.4, 0.5) is 0 Å². The Morgan fingerprint density at radius 2 is 1.73 bits per heavy atom. The molecule has 0 aromatic carbocycles. The Labute approximate surface area is 200 Å². The maximum atomic E-state index is 12.2. The van der Waals surface area contributed by atoms with E-state index in [2.05, 4.69) is 26.1 Å². The average Bonchev–Trinajstić information content (AvgIpc) is 3.09. The highest BCUT2D eigenvalue weighted by Gasteiger charge is 2.60. The first kappa shape index (κ1) is 25.4. The zero-order valence-electron chi connectivity index (χ0n) is 20.8. The Morgan fingerprint density at radius 3 is 2.45 bits per heavy atom. The quantitative estimate of drug-likeness (QED) is 0.465. The van der Waals surface area contributed by atoms with E-state index in [4.69, 9.17) is 4.55 Å². The molecular formula is C26H45NO5S. The van der Waals surface area contributed by atoms with E-state index >= 15 is 0 Å². The lowest BCUT2D eigenvalue weighted by molar-refractivity contribution is -0.129. The second kappa shape index (κ2) is 9.42. The first-order valence-electron chi connectivity index (χ1n) is 13.3. The number of rotatable bonds is 7. The summed E-state index contributed by atoms with van der Waals surface area (Å²) in [6, 6.07) is 0. The van der Waals surface area contributed by atoms with Crippen molar-refractivity contribution in [3.8, 4) is 0 Å². The van der Waals surface area contributed by atoms with Crippen molar-refractivity contribution in [3.63, 3.8) is 0 Å². The molecule has 3 N–H and O–H groups in total. The highest BCUT2D eigenvalue weighted by atomic mass is 32.2. The van der Waals surface area contributed by atoms with Crippen LogP contribution < -0.4 is 5.32 Å². The first-order chi connectivity index (χ1) is 15.4. The lowest BCUT2D eigenvalue weighted by atomic mass is 9.44. The van der Waals surface area contributed by atoms with Crippen LogP contribution >= 0.6 is 0 Å². The lowest BCUT2D eigenvalue weighted by Gasteiger charge is -2.61. The third-order valence-corrected chi connectivity index (χ3v) is 11.6. The molecule has 6 nitrogen and oxygen atoms in total. The molecule has 0 aromatic heterocycles. The molecular weight excluding hydrogens is 438 g/mol. The lowest BCUT2D eigenvalue weighted by Crippen LogP contribution is -2.54. The second-order valence-corrected chi connectivity index (χ2v) is 14.0. The Hall–Kier alpha value is -0.660. The number of hydrogen-bond donors (Lipinski definition) is 3. The fourth-order valence-electron chi connectivity index (χ4n) is 9.18. The number of carbonyl (C=O) groups is 1. The molecule has 5 unspecified atom stereocenters. The summed E-state index contributed by atoms with van der Waals surface area (Å²) < 4.78 is 30.5. The molecule has 1 amide bonds. The number of hydrogen-bond acceptors (Lipinski definition) is 4. The predicted molar refractivity (Wildman–Crippen MR) is 129 cm³/mol. The summed E-state index contributed by atoms with van der Waals surface area (Å²) in [5.74, 6) is 3.68. The first-order valence-corrected chi connectivity index (χ1v) is 14.9. The number of aliphatic hydroxyl groups is 1. The Morgan fingerprint density at radius 1 is 1.03 bits per heavy atom. The predicted octanol–water partition coefficient (Wildman–Crippen LogP) is 4.43. The van der Waals surface area contributed by atoms with Gasteiger partial charge in [0.1, 0.15) is 0 Å². The van der Waals surface area contributed by atoms with E-state index in [1.807, 2.05) is 0 Å². The standard InChI is InChI=1S/C26H45NO5S/c1-17(4-9-24(29)27-14-15-33(30,31)32)21-7-8-22-20-6-5-18-16-19(28)10-12-25(18,2)23(20)11-13-26(21,22)3/h17-23,28H,4-16H2,1-3H3,(H,27,29)(H,30,31,32)/t17?,18-,19-,20?,21?,22?,23?,25+,26-/m1/s1. The SMILES string of the molecule is CC(CCC(=O)NCCS(=O)(=O)O)C1CCC2C3CC[C@@H]4C[C@H](O)CC[C@]4(C)C3CC[C@]12C. The van der Waals surface area contributed by atoms with Gasteiger partial charge in [0.15, 0.2) is 0 Å². The fourth-order valence-corrected chi connectivity index (χ4v) is 9.54. The largest absolute Gasteiger partial charge is 0.393 e. The average molecular weight is 484 g/mol. The second-order valence-electron chi connectivity index (χ2n) is 12.5. The molecule has 0 saturated heterocycles. The van der Waals surface area contributed by atoms with Gasteiger partial charge in [0.05, 0.1) is 11.9 Å². The van der Waals surface area contributed by atoms with Crippen LogP contribution in [0.1, 0.15) is 91.4 Å². The number of nitrogens with one attached hydrogen (secondary N) is 1. The molecule has 0 spiro atoms. The van der Waals surface area contributed by atoms with Gasteiger partial charge < -0.3 is 10.4 Å². The molecule has 4 fully saturated rings. The molecule has 4 saturated carbocycles. The van der Waals surface area contributed by atoms with Gasteiger partial charge in [-0.15, -0.1) is 0 Å². The van der Waals surface area contributed by atoms with Crippen LogP contribution in [-0.2, 0) is 14.9 Å². The van der Waals surface area contributed by atoms with Crippen LogP contribution in [0.15, 0.2) is 0 Å². The van der Waals surface area contributed by atoms with Gasteiger partial charge in [-0.1, -0.05) is 20.8 Å². The minimum atomic E-state index is -4.04. The number of aliphatic hydroxyl groups excluding tert-OH is 1. The van der Waals surface area contributed by atoms with Crippen LogP contribution in [0.3, 0.4) is 0 Å². The number of amides is 1. The van der Waals surface area contributed by atoms with Crippen LogP contribution in [0.5, 0.6) is 0 Å². The minimum Gasteiger partial charge on any atom is -0.393 e. The molecule has 0 aromatic rings. The summed E-state index contributed by atoms with van der Waals surface area (Å²) >= 11 is 0. The Balaban J connectivity index is 1.35. The van der Waals surface area contributed by atoms with Gasteiger partial charge in [0, 0.05) is 13.0 Å². The van der Waals surface area contributed by atoms with Gasteiger partial charge in [0.2, 0.25) is 5.91 Å². The van der Waals surface area contributed by atoms with Gasteiger partial charge in [-0.05, 0) is 111 Å². The maximum Gasteiger partial charge on any atom is 0.266 e. The van der Waals surface area contributed by atoms with Gasteiger partial charge in [-0.25, -0.2) is 0 Å². The summed E-state index contributed by atoms with van der Waals surface area (Å²) in [6.07, 6.45) is 12.1. The molecule has 7 heteroatoms. The van der Waals surface area contributed by atoms with Gasteiger partial charge in [-0.3, -0.25) is 9.35 Å². The smallest absolute Gasteiger partial charge is 0.266 e. The summed E-state index contributed by atoms with van der Waals surface area (Å²) in [5, 5.41) is 12.9. The van der Waals surface area contributed by atoms with E-state index < -0.39 is 15.9 Å². The normalized spacial score (nSPS) is 43.8. The van der Waals surface area contributed by atoms with E-state index in [0.717, 1.165) is 37.0 Å². The van der Waals surface area contributed by atoms with E-state index in [9.17, 15) is 18.3 Å². The summed E-state index contributed by atoms with van der Waals surface area (Å²) in [7, 11) is -4.04. The van der Waals surface area contributed by atoms with Crippen molar-refractivity contribution in [1.29, 1.82) is 0 Å². The third-order valence-electron chi connectivity index (χ3n) is 10.9. The van der Waals surface area contributed by atoms with E-state index in [1.54, 1.807) is 0 Å². The fraction of sp³-hybridized carbons (Fsp3) is 0.962. The number of carbonyl (C=O) groups excluding carboxylic acids is 1. The molecule has 190 valence electrons. The molecule has 9 atom stereocenters. The molecule has 4 rings (SSSR count). The van der Waals surface area contributed by atoms with E-state index in [-0.39, 0.29) is 18.6 Å². The summed E-state index contributed by atoms with van der Waals surface area (Å²) in [4.78, 5) is 12.2. The van der Waals surface area contributed by atoms with Crippen molar-refractivity contribution in [2.45, 2.75) is 97.5 Å². The van der Waals surface area contributed by atoms with Gasteiger partial charge in [0.25, 0.3) is 10.1 Å². The highest BCUT2D eigenvalue weighted by molar-refractivity contribution is 7.85. The van der Waals surface area contributed by atoms with Crippen LogP contribution in [0.25, 0.3) is 0 Å². The summed E-state index contributed by atoms with van der Waals surface area (Å²) in [5.41, 5.74) is 0.771. The van der Waals surface area contributed by atoms with Crippen molar-refractivity contribution in [3.05, 3.63) is 0 Å². The molecule has 0 heterocycles. The monoisotopic (exact) mass is 483 g/mol. The van der Waals surface area contributed by atoms with Crippen molar-refractivity contribution in [1.82, 2.24) is 5.32 Å². The zero-order chi connectivity index (χ0) is 24.0. The van der Waals surface area contributed by atoms with E-state index in [1.165, 1.54) is 44.9 Å². The molecule has 0 radical (unpaired) electrons. The van der Waals surface area contributed by atoms with Crippen molar-refractivity contribution in [2.24, 2.45) is 46.3 Å². The van der Waals surface area contributed by atoms with Crippen LogP contribution in [0.2, 0.25) is 0 Å². The minimum absolute atomic E-state index is 0.0326. The topological polar surface area (TPSA) is 104 Å². The molecule has 4 aliphatic rings. The number of fused-ring (bicyclic) bond motifs is 5. The van der Waals surface area contributed by atoms with E-state index in [0.29, 0.717) is 35.0 Å². The third kappa shape index (κ3) is 5.02. The van der Waals surface area contributed by atoms with Crippen LogP contribution in [-0.4, -0.2) is 42.4 Å². The van der Waals surface area contributed by atoms with Crippen molar-refractivity contribution < 1.29 is 22.9 Å². The van der Waals surface area contributed by atoms with Gasteiger partial charge in [-0.2, -0.15) is 8.42 Å². The Kier molecular flexibility index (Phi) is 7.26. The van der Waals surface area contributed by atoms with Crippen molar-refractivity contribution in [2.75, 3.05) is 12.3 Å². The maximum absolute atomic E-state index is 12.2. The molecule has 4 aliphatic carbocycles. The van der Waals surface area contributed by atoms with Gasteiger partial charge >= 0.3 is 0 Å². The molecule has 33 heavy (non-hydrogen) atoms. The van der Waals surface area contributed by atoms with Crippen molar-refractivity contribution >= 4 is 16.0 Å². The zero-order valence-corrected chi connectivity index (χ0v) is 21.6. The molecule has 0 bridgehead atoms. The Bertz CT molecular complexity index is 831. The highest BCUT2D eigenvalue weighted by Crippen LogP contribution is 2.68. The van der Waals surface area contributed by atoms with Crippen LogP contribution in [0, 0.1) is 46.3 Å². The summed E-state index contributed by atoms with van der Waals surface area (Å²) in [6.45, 7) is 7.34.